The molecule has 88 valence electrons. The summed E-state index contributed by atoms with van der Waals surface area (Å²) in [6, 6.07) is 1.76. The van der Waals surface area contributed by atoms with Crippen molar-refractivity contribution in [3.63, 3.8) is 0 Å². The maximum atomic E-state index is 11.8. The molecule has 0 bridgehead atoms. The van der Waals surface area contributed by atoms with Crippen molar-refractivity contribution >= 4 is 34.7 Å². The van der Waals surface area contributed by atoms with Gasteiger partial charge in [-0.1, -0.05) is 0 Å². The van der Waals surface area contributed by atoms with Gasteiger partial charge in [0, 0.05) is 21.9 Å². The first kappa shape index (κ1) is 11.8. The fourth-order valence-corrected chi connectivity index (χ4v) is 3.11. The van der Waals surface area contributed by atoms with Crippen molar-refractivity contribution in [2.75, 3.05) is 18.5 Å². The van der Waals surface area contributed by atoms with Crippen LogP contribution in [0.25, 0.3) is 0 Å². The summed E-state index contributed by atoms with van der Waals surface area (Å²) >= 11 is 3.30. The van der Waals surface area contributed by atoms with Crippen LogP contribution >= 0.6 is 23.1 Å². The summed E-state index contributed by atoms with van der Waals surface area (Å²) in [6.45, 7) is 2.70. The number of hydrogen-bond acceptors (Lipinski definition) is 4. The Morgan fingerprint density at radius 3 is 2.81 bits per heavy atom. The highest BCUT2D eigenvalue weighted by atomic mass is 32.2. The zero-order chi connectivity index (χ0) is 11.8. The second kappa shape index (κ2) is 4.30. The first-order valence-electron chi connectivity index (χ1n) is 5.25. The summed E-state index contributed by atoms with van der Waals surface area (Å²) in [7, 11) is 0. The van der Waals surface area contributed by atoms with Crippen molar-refractivity contribution in [2.45, 2.75) is 24.5 Å². The molecule has 1 fully saturated rings. The SMILES string of the molecule is CSC1(CNC(=O)c2cc(N)c(C)s2)CC1. The van der Waals surface area contributed by atoms with E-state index in [9.17, 15) is 4.79 Å². The number of rotatable bonds is 4. The van der Waals surface area contributed by atoms with Gasteiger partial charge in [0.15, 0.2) is 0 Å². The molecule has 1 amide bonds. The predicted octanol–water partition coefficient (Wildman–Crippen LogP) is 2.26. The van der Waals surface area contributed by atoms with E-state index >= 15 is 0 Å². The molecule has 1 aliphatic rings. The Kier molecular flexibility index (Phi) is 3.17. The largest absolute Gasteiger partial charge is 0.398 e. The van der Waals surface area contributed by atoms with Crippen LogP contribution in [-0.2, 0) is 0 Å². The Balaban J connectivity index is 1.93. The van der Waals surface area contributed by atoms with E-state index < -0.39 is 0 Å². The van der Waals surface area contributed by atoms with Crippen LogP contribution in [0.4, 0.5) is 5.69 Å². The van der Waals surface area contributed by atoms with Crippen LogP contribution in [0, 0.1) is 6.92 Å². The third-order valence-electron chi connectivity index (χ3n) is 2.99. The quantitative estimate of drug-likeness (QED) is 0.869. The smallest absolute Gasteiger partial charge is 0.261 e. The van der Waals surface area contributed by atoms with Crippen LogP contribution < -0.4 is 11.1 Å². The van der Waals surface area contributed by atoms with Crippen molar-refractivity contribution < 1.29 is 4.79 Å². The van der Waals surface area contributed by atoms with E-state index in [4.69, 9.17) is 5.73 Å². The van der Waals surface area contributed by atoms with Crippen molar-refractivity contribution in [3.8, 4) is 0 Å². The summed E-state index contributed by atoms with van der Waals surface area (Å²) in [5.74, 6) is 0.00475. The Hall–Kier alpha value is -0.680. The van der Waals surface area contributed by atoms with E-state index in [2.05, 4.69) is 11.6 Å². The van der Waals surface area contributed by atoms with Crippen molar-refractivity contribution in [2.24, 2.45) is 0 Å². The van der Waals surface area contributed by atoms with Crippen LogP contribution in [-0.4, -0.2) is 23.5 Å². The molecule has 0 unspecified atom stereocenters. The molecule has 0 spiro atoms. The lowest BCUT2D eigenvalue weighted by atomic mass is 10.3. The fourth-order valence-electron chi connectivity index (χ4n) is 1.53. The Bertz CT molecular complexity index is 391. The minimum absolute atomic E-state index is 0.00475. The monoisotopic (exact) mass is 256 g/mol. The zero-order valence-electron chi connectivity index (χ0n) is 9.50. The van der Waals surface area contributed by atoms with Gasteiger partial charge in [0.05, 0.1) is 4.88 Å². The summed E-state index contributed by atoms with van der Waals surface area (Å²) < 4.78 is 0.313. The third kappa shape index (κ3) is 2.35. The van der Waals surface area contributed by atoms with Crippen LogP contribution in [0.15, 0.2) is 6.07 Å². The Morgan fingerprint density at radius 2 is 2.38 bits per heavy atom. The lowest BCUT2D eigenvalue weighted by Crippen LogP contribution is -2.31. The topological polar surface area (TPSA) is 55.1 Å². The highest BCUT2D eigenvalue weighted by molar-refractivity contribution is 8.00. The van der Waals surface area contributed by atoms with Gasteiger partial charge in [-0.2, -0.15) is 11.8 Å². The van der Waals surface area contributed by atoms with E-state index in [1.165, 1.54) is 24.2 Å². The number of nitrogen functional groups attached to an aromatic ring is 1. The minimum Gasteiger partial charge on any atom is -0.398 e. The number of carbonyl (C=O) groups excluding carboxylic acids is 1. The van der Waals surface area contributed by atoms with E-state index in [1.807, 2.05) is 18.7 Å². The maximum absolute atomic E-state index is 11.8. The number of nitrogens with two attached hydrogens (primary N) is 1. The third-order valence-corrected chi connectivity index (χ3v) is 5.48. The van der Waals surface area contributed by atoms with Gasteiger partial charge in [0.1, 0.15) is 0 Å². The van der Waals surface area contributed by atoms with E-state index in [0.29, 0.717) is 15.3 Å². The molecular formula is C11H16N2OS2. The standard InChI is InChI=1S/C11H16N2OS2/c1-7-8(12)5-9(16-7)10(14)13-6-11(15-2)3-4-11/h5H,3-4,6,12H2,1-2H3,(H,13,14). The molecule has 1 heterocycles. The molecule has 3 nitrogen and oxygen atoms in total. The van der Waals surface area contributed by atoms with E-state index in [1.54, 1.807) is 6.07 Å². The van der Waals surface area contributed by atoms with Gasteiger partial charge in [-0.05, 0) is 32.1 Å². The number of aryl methyl sites for hydroxylation is 1. The normalized spacial score (nSPS) is 17.1. The average molecular weight is 256 g/mol. The molecule has 3 N–H and O–H groups in total. The highest BCUT2D eigenvalue weighted by Gasteiger charge is 2.42. The van der Waals surface area contributed by atoms with Crippen LogP contribution in [0.5, 0.6) is 0 Å². The maximum Gasteiger partial charge on any atom is 0.261 e. The number of amides is 1. The van der Waals surface area contributed by atoms with Gasteiger partial charge in [-0.3, -0.25) is 4.79 Å². The molecule has 16 heavy (non-hydrogen) atoms. The molecule has 1 aromatic heterocycles. The molecule has 0 atom stereocenters. The molecule has 0 saturated heterocycles. The van der Waals surface area contributed by atoms with Gasteiger partial charge in [0.2, 0.25) is 0 Å². The summed E-state index contributed by atoms with van der Waals surface area (Å²) in [6.07, 6.45) is 4.52. The number of thiophene rings is 1. The van der Waals surface area contributed by atoms with Gasteiger partial charge < -0.3 is 11.1 Å². The van der Waals surface area contributed by atoms with Gasteiger partial charge in [-0.15, -0.1) is 11.3 Å². The number of carbonyl (C=O) groups is 1. The summed E-state index contributed by atoms with van der Waals surface area (Å²) in [4.78, 5) is 13.6. The van der Waals surface area contributed by atoms with Crippen LogP contribution in [0.1, 0.15) is 27.4 Å². The lowest BCUT2D eigenvalue weighted by Gasteiger charge is -2.12. The van der Waals surface area contributed by atoms with Crippen LogP contribution in [0.3, 0.4) is 0 Å². The molecule has 1 aliphatic carbocycles. The summed E-state index contributed by atoms with van der Waals surface area (Å²) in [5, 5.41) is 2.99. The molecule has 5 heteroatoms. The highest BCUT2D eigenvalue weighted by Crippen LogP contribution is 2.46. The second-order valence-electron chi connectivity index (χ2n) is 4.19. The fraction of sp³-hybridized carbons (Fsp3) is 0.545. The molecule has 2 rings (SSSR count). The number of nitrogens with one attached hydrogen (secondary N) is 1. The van der Waals surface area contributed by atoms with Crippen molar-refractivity contribution in [1.82, 2.24) is 5.32 Å². The number of thioether (sulfide) groups is 1. The number of anilines is 1. The molecule has 0 aliphatic heterocycles. The average Bonchev–Trinajstić information content (AvgIpc) is 2.98. The van der Waals surface area contributed by atoms with Gasteiger partial charge in [0.25, 0.3) is 5.91 Å². The first-order chi connectivity index (χ1) is 7.56. The second-order valence-corrected chi connectivity index (χ2v) is 6.72. The Morgan fingerprint density at radius 1 is 1.69 bits per heavy atom. The summed E-state index contributed by atoms with van der Waals surface area (Å²) in [5.41, 5.74) is 6.43. The van der Waals surface area contributed by atoms with E-state index in [-0.39, 0.29) is 5.91 Å². The van der Waals surface area contributed by atoms with Gasteiger partial charge >= 0.3 is 0 Å². The molecular weight excluding hydrogens is 240 g/mol. The zero-order valence-corrected chi connectivity index (χ0v) is 11.1. The number of hydrogen-bond donors (Lipinski definition) is 2. The predicted molar refractivity (Wildman–Crippen MR) is 71.3 cm³/mol. The lowest BCUT2D eigenvalue weighted by molar-refractivity contribution is 0.0957. The molecule has 1 aromatic rings. The van der Waals surface area contributed by atoms with Crippen molar-refractivity contribution in [1.29, 1.82) is 0 Å². The van der Waals surface area contributed by atoms with Gasteiger partial charge in [-0.25, -0.2) is 0 Å². The molecule has 1 saturated carbocycles. The molecule has 0 aromatic carbocycles. The minimum atomic E-state index is 0.00475. The van der Waals surface area contributed by atoms with Crippen molar-refractivity contribution in [3.05, 3.63) is 15.8 Å². The molecule has 0 radical (unpaired) electrons. The van der Waals surface area contributed by atoms with E-state index in [0.717, 1.165) is 11.4 Å². The first-order valence-corrected chi connectivity index (χ1v) is 7.30. The Labute approximate surface area is 104 Å². The van der Waals surface area contributed by atoms with Crippen LogP contribution in [0.2, 0.25) is 0 Å².